The molecule has 2 atom stereocenters. The Morgan fingerprint density at radius 3 is 2.57 bits per heavy atom. The average molecular weight is 323 g/mol. The van der Waals surface area contributed by atoms with Crippen LogP contribution in [0.4, 0.5) is 8.78 Å². The Morgan fingerprint density at radius 1 is 1.43 bits per heavy atom. The summed E-state index contributed by atoms with van der Waals surface area (Å²) in [6.07, 6.45) is 0.228. The van der Waals surface area contributed by atoms with E-state index < -0.39 is 17.7 Å². The van der Waals surface area contributed by atoms with Crippen molar-refractivity contribution in [3.8, 4) is 0 Å². The van der Waals surface area contributed by atoms with Crippen LogP contribution in [0.1, 0.15) is 31.4 Å². The first-order valence-electron chi connectivity index (χ1n) is 6.49. The average Bonchev–Trinajstić information content (AvgIpc) is 2.42. The fourth-order valence-electron chi connectivity index (χ4n) is 1.91. The summed E-state index contributed by atoms with van der Waals surface area (Å²) in [5.74, 6) is -1.59. The zero-order valence-electron chi connectivity index (χ0n) is 12.1. The lowest BCUT2D eigenvalue weighted by Gasteiger charge is -2.20. The van der Waals surface area contributed by atoms with Crippen molar-refractivity contribution in [3.05, 3.63) is 35.4 Å². The molecule has 0 aliphatic heterocycles. The van der Waals surface area contributed by atoms with Crippen LogP contribution in [0, 0.1) is 11.6 Å². The number of nitrogens with one attached hydrogen (secondary N) is 1. The number of rotatable bonds is 7. The Balaban J connectivity index is 0.00000400. The van der Waals surface area contributed by atoms with E-state index in [4.69, 9.17) is 10.5 Å². The van der Waals surface area contributed by atoms with Crippen LogP contribution in [0.5, 0.6) is 0 Å². The second-order valence-corrected chi connectivity index (χ2v) is 4.49. The van der Waals surface area contributed by atoms with Gasteiger partial charge in [-0.1, -0.05) is 13.0 Å². The third-order valence-corrected chi connectivity index (χ3v) is 3.09. The molecule has 0 aliphatic carbocycles. The van der Waals surface area contributed by atoms with Gasteiger partial charge in [-0.3, -0.25) is 4.79 Å². The summed E-state index contributed by atoms with van der Waals surface area (Å²) in [5, 5.41) is 2.71. The Bertz CT molecular complexity index is 457. The van der Waals surface area contributed by atoms with E-state index >= 15 is 0 Å². The summed E-state index contributed by atoms with van der Waals surface area (Å²) in [4.78, 5) is 11.8. The molecular formula is C14H21ClF2N2O2. The van der Waals surface area contributed by atoms with Crippen LogP contribution in [-0.2, 0) is 9.53 Å². The number of nitrogens with two attached hydrogens (primary N) is 1. The molecule has 0 saturated carbocycles. The first-order valence-corrected chi connectivity index (χ1v) is 6.49. The van der Waals surface area contributed by atoms with Gasteiger partial charge in [-0.05, 0) is 12.5 Å². The standard InChI is InChI=1S/C14H20F2N2O2.ClH/c1-3-13(11-5-4-9(15)6-12(11)16)18-14(19)7-10(8-17)20-2;/h4-6,10,13H,3,7-8,17H2,1-2H3,(H,18,19);1H. The maximum atomic E-state index is 13.7. The molecule has 21 heavy (non-hydrogen) atoms. The normalized spacial score (nSPS) is 13.2. The summed E-state index contributed by atoms with van der Waals surface area (Å²) in [6.45, 7) is 2.04. The molecule has 0 aromatic heterocycles. The minimum Gasteiger partial charge on any atom is -0.380 e. The fourth-order valence-corrected chi connectivity index (χ4v) is 1.91. The minimum atomic E-state index is -0.667. The number of hydrogen-bond acceptors (Lipinski definition) is 3. The van der Waals surface area contributed by atoms with Crippen molar-refractivity contribution >= 4 is 18.3 Å². The summed E-state index contributed by atoms with van der Waals surface area (Å²) in [7, 11) is 1.47. The number of halogens is 3. The van der Waals surface area contributed by atoms with Gasteiger partial charge in [-0.2, -0.15) is 0 Å². The van der Waals surface area contributed by atoms with Gasteiger partial charge in [0.2, 0.25) is 5.91 Å². The molecule has 7 heteroatoms. The van der Waals surface area contributed by atoms with E-state index in [9.17, 15) is 13.6 Å². The second-order valence-electron chi connectivity index (χ2n) is 4.49. The van der Waals surface area contributed by atoms with Gasteiger partial charge in [-0.15, -0.1) is 12.4 Å². The van der Waals surface area contributed by atoms with Gasteiger partial charge in [0.25, 0.3) is 0 Å². The zero-order chi connectivity index (χ0) is 15.1. The van der Waals surface area contributed by atoms with E-state index in [1.54, 1.807) is 0 Å². The molecule has 0 bridgehead atoms. The Hall–Kier alpha value is -1.24. The van der Waals surface area contributed by atoms with E-state index in [0.717, 1.165) is 6.07 Å². The van der Waals surface area contributed by atoms with E-state index in [2.05, 4.69) is 5.32 Å². The lowest BCUT2D eigenvalue weighted by atomic mass is 10.0. The van der Waals surface area contributed by atoms with Crippen LogP contribution >= 0.6 is 12.4 Å². The molecule has 0 heterocycles. The number of methoxy groups -OCH3 is 1. The predicted molar refractivity (Wildman–Crippen MR) is 79.2 cm³/mol. The Morgan fingerprint density at radius 2 is 2.10 bits per heavy atom. The van der Waals surface area contributed by atoms with Crippen LogP contribution in [-0.4, -0.2) is 25.7 Å². The highest BCUT2D eigenvalue weighted by Gasteiger charge is 2.19. The molecule has 1 aromatic carbocycles. The van der Waals surface area contributed by atoms with Crippen molar-refractivity contribution in [2.45, 2.75) is 31.9 Å². The molecule has 0 saturated heterocycles. The third kappa shape index (κ3) is 5.95. The first-order chi connectivity index (χ1) is 9.51. The molecule has 1 aromatic rings. The van der Waals surface area contributed by atoms with Gasteiger partial charge in [0.05, 0.1) is 18.6 Å². The number of carbonyl (C=O) groups excluding carboxylic acids is 1. The highest BCUT2D eigenvalue weighted by Crippen LogP contribution is 2.21. The van der Waals surface area contributed by atoms with Crippen molar-refractivity contribution in [2.75, 3.05) is 13.7 Å². The molecule has 0 radical (unpaired) electrons. The smallest absolute Gasteiger partial charge is 0.223 e. The topological polar surface area (TPSA) is 64.4 Å². The van der Waals surface area contributed by atoms with Crippen molar-refractivity contribution in [2.24, 2.45) is 5.73 Å². The van der Waals surface area contributed by atoms with E-state index in [1.165, 1.54) is 19.2 Å². The summed E-state index contributed by atoms with van der Waals surface area (Å²) in [6, 6.07) is 2.82. The number of carbonyl (C=O) groups is 1. The van der Waals surface area contributed by atoms with Gasteiger partial charge in [0.15, 0.2) is 0 Å². The van der Waals surface area contributed by atoms with Gasteiger partial charge in [0, 0.05) is 25.3 Å². The highest BCUT2D eigenvalue weighted by atomic mass is 35.5. The van der Waals surface area contributed by atoms with E-state index in [-0.39, 0.29) is 42.9 Å². The molecular weight excluding hydrogens is 302 g/mol. The molecule has 0 fully saturated rings. The molecule has 120 valence electrons. The van der Waals surface area contributed by atoms with Crippen LogP contribution in [0.25, 0.3) is 0 Å². The molecule has 0 spiro atoms. The fraction of sp³-hybridized carbons (Fsp3) is 0.500. The molecule has 2 unspecified atom stereocenters. The second kappa shape index (κ2) is 9.65. The molecule has 3 N–H and O–H groups in total. The summed E-state index contributed by atoms with van der Waals surface area (Å²) in [5.41, 5.74) is 5.71. The van der Waals surface area contributed by atoms with E-state index in [1.807, 2.05) is 6.92 Å². The largest absolute Gasteiger partial charge is 0.380 e. The lowest BCUT2D eigenvalue weighted by molar-refractivity contribution is -0.124. The predicted octanol–water partition coefficient (Wildman–Crippen LogP) is 2.32. The summed E-state index contributed by atoms with van der Waals surface area (Å²) >= 11 is 0. The van der Waals surface area contributed by atoms with Gasteiger partial charge < -0.3 is 15.8 Å². The monoisotopic (exact) mass is 322 g/mol. The van der Waals surface area contributed by atoms with Gasteiger partial charge >= 0.3 is 0 Å². The van der Waals surface area contributed by atoms with E-state index in [0.29, 0.717) is 6.42 Å². The maximum absolute atomic E-state index is 13.7. The van der Waals surface area contributed by atoms with Crippen molar-refractivity contribution in [1.82, 2.24) is 5.32 Å². The molecule has 1 amide bonds. The maximum Gasteiger partial charge on any atom is 0.223 e. The van der Waals surface area contributed by atoms with Crippen molar-refractivity contribution < 1.29 is 18.3 Å². The van der Waals surface area contributed by atoms with Crippen LogP contribution in [0.15, 0.2) is 18.2 Å². The number of hydrogen-bond donors (Lipinski definition) is 2. The summed E-state index contributed by atoms with van der Waals surface area (Å²) < 4.78 is 31.6. The number of ether oxygens (including phenoxy) is 1. The number of amides is 1. The first kappa shape index (κ1) is 19.8. The Labute approximate surface area is 129 Å². The van der Waals surface area contributed by atoms with Crippen LogP contribution < -0.4 is 11.1 Å². The van der Waals surface area contributed by atoms with Gasteiger partial charge in [-0.25, -0.2) is 8.78 Å². The SMILES string of the molecule is CCC(NC(=O)CC(CN)OC)c1ccc(F)cc1F.Cl. The number of benzene rings is 1. The molecule has 4 nitrogen and oxygen atoms in total. The zero-order valence-corrected chi connectivity index (χ0v) is 12.9. The van der Waals surface area contributed by atoms with Gasteiger partial charge in [0.1, 0.15) is 11.6 Å². The van der Waals surface area contributed by atoms with Crippen molar-refractivity contribution in [3.63, 3.8) is 0 Å². The van der Waals surface area contributed by atoms with Crippen LogP contribution in [0.2, 0.25) is 0 Å². The van der Waals surface area contributed by atoms with Crippen LogP contribution in [0.3, 0.4) is 0 Å². The minimum absolute atomic E-state index is 0. The molecule has 0 aliphatic rings. The molecule has 1 rings (SSSR count). The highest BCUT2D eigenvalue weighted by molar-refractivity contribution is 5.85. The Kier molecular flexibility index (Phi) is 9.08. The third-order valence-electron chi connectivity index (χ3n) is 3.09. The lowest BCUT2D eigenvalue weighted by Crippen LogP contribution is -2.34. The quantitative estimate of drug-likeness (QED) is 0.809. The van der Waals surface area contributed by atoms with Crippen molar-refractivity contribution in [1.29, 1.82) is 0 Å².